The van der Waals surface area contributed by atoms with Crippen LogP contribution < -0.4 is 5.32 Å². The number of carbonyl (C=O) groups is 1. The lowest BCUT2D eigenvalue weighted by atomic mass is 10.1. The number of rotatable bonds is 2. The summed E-state index contributed by atoms with van der Waals surface area (Å²) in [7, 11) is 0. The maximum absolute atomic E-state index is 12.2. The van der Waals surface area contributed by atoms with Crippen molar-refractivity contribution in [2.75, 3.05) is 5.32 Å². The van der Waals surface area contributed by atoms with Crippen LogP contribution in [0, 0.1) is 0 Å². The molecule has 0 fully saturated rings. The standard InChI is InChI=1S/C17H12ClNO2/c18-13-9-7-12(8-10-13)17(21)19-14-5-1-3-11-4-2-6-15(20)16(11)14/h1-10,20H,(H,19,21). The Morgan fingerprint density at radius 2 is 1.62 bits per heavy atom. The van der Waals surface area contributed by atoms with E-state index >= 15 is 0 Å². The van der Waals surface area contributed by atoms with Crippen LogP contribution in [0.15, 0.2) is 60.7 Å². The van der Waals surface area contributed by atoms with Crippen LogP contribution >= 0.6 is 11.6 Å². The van der Waals surface area contributed by atoms with Crippen molar-refractivity contribution in [1.82, 2.24) is 0 Å². The number of hydrogen-bond donors (Lipinski definition) is 2. The van der Waals surface area contributed by atoms with Crippen LogP contribution in [0.25, 0.3) is 10.8 Å². The topological polar surface area (TPSA) is 49.3 Å². The Kier molecular flexibility index (Phi) is 3.50. The average molecular weight is 298 g/mol. The largest absolute Gasteiger partial charge is 0.507 e. The number of amides is 1. The first-order chi connectivity index (χ1) is 10.1. The molecule has 3 aromatic rings. The van der Waals surface area contributed by atoms with E-state index in [2.05, 4.69) is 5.32 Å². The van der Waals surface area contributed by atoms with Crippen molar-refractivity contribution in [2.24, 2.45) is 0 Å². The maximum Gasteiger partial charge on any atom is 0.255 e. The van der Waals surface area contributed by atoms with E-state index < -0.39 is 0 Å². The Bertz CT molecular complexity index is 807. The molecule has 0 aliphatic rings. The predicted molar refractivity (Wildman–Crippen MR) is 85.0 cm³/mol. The molecule has 3 nitrogen and oxygen atoms in total. The molecule has 0 aliphatic carbocycles. The van der Waals surface area contributed by atoms with Crippen molar-refractivity contribution < 1.29 is 9.90 Å². The summed E-state index contributed by atoms with van der Waals surface area (Å²) in [6.07, 6.45) is 0. The first kappa shape index (κ1) is 13.5. The lowest BCUT2D eigenvalue weighted by Crippen LogP contribution is -2.11. The Hall–Kier alpha value is -2.52. The van der Waals surface area contributed by atoms with Crippen molar-refractivity contribution in [3.63, 3.8) is 0 Å². The van der Waals surface area contributed by atoms with E-state index in [0.717, 1.165) is 5.39 Å². The van der Waals surface area contributed by atoms with Crippen molar-refractivity contribution in [3.05, 3.63) is 71.2 Å². The van der Waals surface area contributed by atoms with Gasteiger partial charge in [0.1, 0.15) is 5.75 Å². The van der Waals surface area contributed by atoms with Gasteiger partial charge in [0.2, 0.25) is 0 Å². The third-order valence-corrected chi connectivity index (χ3v) is 3.49. The Labute approximate surface area is 126 Å². The number of aromatic hydroxyl groups is 1. The van der Waals surface area contributed by atoms with Gasteiger partial charge in [-0.15, -0.1) is 0 Å². The van der Waals surface area contributed by atoms with Gasteiger partial charge in [0.25, 0.3) is 5.91 Å². The van der Waals surface area contributed by atoms with E-state index in [1.165, 1.54) is 0 Å². The lowest BCUT2D eigenvalue weighted by Gasteiger charge is -2.10. The zero-order valence-corrected chi connectivity index (χ0v) is 11.8. The molecule has 0 spiro atoms. The molecule has 3 aromatic carbocycles. The van der Waals surface area contributed by atoms with Crippen molar-refractivity contribution in [2.45, 2.75) is 0 Å². The summed E-state index contributed by atoms with van der Waals surface area (Å²) in [5.74, 6) is -0.109. The number of nitrogens with one attached hydrogen (secondary N) is 1. The van der Waals surface area contributed by atoms with Crippen LogP contribution in [0.1, 0.15) is 10.4 Å². The van der Waals surface area contributed by atoms with Crippen LogP contribution in [0.3, 0.4) is 0 Å². The fraction of sp³-hybridized carbons (Fsp3) is 0. The zero-order chi connectivity index (χ0) is 14.8. The van der Waals surface area contributed by atoms with Crippen LogP contribution in [0.4, 0.5) is 5.69 Å². The molecule has 0 saturated carbocycles. The van der Waals surface area contributed by atoms with Crippen LogP contribution in [0.5, 0.6) is 5.75 Å². The van der Waals surface area contributed by atoms with E-state index in [1.807, 2.05) is 18.2 Å². The summed E-state index contributed by atoms with van der Waals surface area (Å²) in [4.78, 5) is 12.2. The van der Waals surface area contributed by atoms with Crippen LogP contribution in [-0.2, 0) is 0 Å². The molecule has 0 radical (unpaired) electrons. The van der Waals surface area contributed by atoms with E-state index in [9.17, 15) is 9.90 Å². The smallest absolute Gasteiger partial charge is 0.255 e. The fourth-order valence-corrected chi connectivity index (χ4v) is 2.35. The van der Waals surface area contributed by atoms with Gasteiger partial charge in [-0.25, -0.2) is 0 Å². The van der Waals surface area contributed by atoms with Crippen LogP contribution in [-0.4, -0.2) is 11.0 Å². The van der Waals surface area contributed by atoms with Gasteiger partial charge in [0.05, 0.1) is 5.69 Å². The highest BCUT2D eigenvalue weighted by Gasteiger charge is 2.10. The Morgan fingerprint density at radius 1 is 0.952 bits per heavy atom. The minimum absolute atomic E-state index is 0.138. The molecular weight excluding hydrogens is 286 g/mol. The predicted octanol–water partition coefficient (Wildman–Crippen LogP) is 4.45. The minimum atomic E-state index is -0.248. The molecule has 0 saturated heterocycles. The van der Waals surface area contributed by atoms with E-state index in [-0.39, 0.29) is 11.7 Å². The van der Waals surface area contributed by atoms with Gasteiger partial charge >= 0.3 is 0 Å². The second-order valence-corrected chi connectivity index (χ2v) is 5.08. The van der Waals surface area contributed by atoms with Gasteiger partial charge in [-0.05, 0) is 41.8 Å². The van der Waals surface area contributed by atoms with Crippen LogP contribution in [0.2, 0.25) is 5.02 Å². The molecule has 0 aliphatic heterocycles. The summed E-state index contributed by atoms with van der Waals surface area (Å²) in [6, 6.07) is 17.4. The number of phenolic OH excluding ortho intramolecular Hbond substituents is 1. The van der Waals surface area contributed by atoms with Gasteiger partial charge in [0.15, 0.2) is 0 Å². The zero-order valence-electron chi connectivity index (χ0n) is 11.0. The second-order valence-electron chi connectivity index (χ2n) is 4.64. The number of fused-ring (bicyclic) bond motifs is 1. The molecule has 0 bridgehead atoms. The molecule has 4 heteroatoms. The highest BCUT2D eigenvalue weighted by Crippen LogP contribution is 2.31. The number of halogens is 1. The summed E-state index contributed by atoms with van der Waals surface area (Å²) in [6.45, 7) is 0. The maximum atomic E-state index is 12.2. The first-order valence-corrected chi connectivity index (χ1v) is 6.80. The van der Waals surface area contributed by atoms with Crippen molar-refractivity contribution >= 4 is 34.0 Å². The minimum Gasteiger partial charge on any atom is -0.507 e. The van der Waals surface area contributed by atoms with E-state index in [4.69, 9.17) is 11.6 Å². The van der Waals surface area contributed by atoms with Gasteiger partial charge in [-0.2, -0.15) is 0 Å². The summed E-state index contributed by atoms with van der Waals surface area (Å²) in [5, 5.41) is 14.9. The second kappa shape index (κ2) is 5.46. The SMILES string of the molecule is O=C(Nc1cccc2cccc(O)c12)c1ccc(Cl)cc1. The molecule has 1 amide bonds. The number of carbonyl (C=O) groups excluding carboxylic acids is 1. The lowest BCUT2D eigenvalue weighted by molar-refractivity contribution is 0.102. The van der Waals surface area contributed by atoms with Gasteiger partial charge in [0, 0.05) is 16.0 Å². The molecule has 0 atom stereocenters. The summed E-state index contributed by atoms with van der Waals surface area (Å²) in [5.41, 5.74) is 1.08. The summed E-state index contributed by atoms with van der Waals surface area (Å²) < 4.78 is 0. The van der Waals surface area contributed by atoms with Gasteiger partial charge in [-0.1, -0.05) is 35.9 Å². The highest BCUT2D eigenvalue weighted by atomic mass is 35.5. The molecule has 3 rings (SSSR count). The number of benzene rings is 3. The Balaban J connectivity index is 1.98. The number of hydrogen-bond acceptors (Lipinski definition) is 2. The molecule has 2 N–H and O–H groups in total. The first-order valence-electron chi connectivity index (χ1n) is 6.43. The monoisotopic (exact) mass is 297 g/mol. The third kappa shape index (κ3) is 2.69. The third-order valence-electron chi connectivity index (χ3n) is 3.24. The summed E-state index contributed by atoms with van der Waals surface area (Å²) >= 11 is 5.81. The molecular formula is C17H12ClNO2. The number of phenols is 1. The molecule has 0 unspecified atom stereocenters. The number of anilines is 1. The highest BCUT2D eigenvalue weighted by molar-refractivity contribution is 6.30. The van der Waals surface area contributed by atoms with Crippen molar-refractivity contribution in [1.29, 1.82) is 0 Å². The van der Waals surface area contributed by atoms with Gasteiger partial charge < -0.3 is 10.4 Å². The molecule has 0 aromatic heterocycles. The average Bonchev–Trinajstić information content (AvgIpc) is 2.48. The fourth-order valence-electron chi connectivity index (χ4n) is 2.22. The Morgan fingerprint density at radius 3 is 2.33 bits per heavy atom. The van der Waals surface area contributed by atoms with Crippen molar-refractivity contribution in [3.8, 4) is 5.75 Å². The normalized spacial score (nSPS) is 10.5. The molecule has 0 heterocycles. The van der Waals surface area contributed by atoms with Gasteiger partial charge in [-0.3, -0.25) is 4.79 Å². The van der Waals surface area contributed by atoms with E-state index in [1.54, 1.807) is 42.5 Å². The molecule has 21 heavy (non-hydrogen) atoms. The quantitative estimate of drug-likeness (QED) is 0.734. The van der Waals surface area contributed by atoms with E-state index in [0.29, 0.717) is 21.7 Å². The molecule has 104 valence electrons.